The summed E-state index contributed by atoms with van der Waals surface area (Å²) in [6.07, 6.45) is 0. The third kappa shape index (κ3) is 4.38. The van der Waals surface area contributed by atoms with E-state index in [-0.39, 0.29) is 5.41 Å². The number of fused-ring (bicyclic) bond motifs is 10. The van der Waals surface area contributed by atoms with Gasteiger partial charge < -0.3 is 4.57 Å². The van der Waals surface area contributed by atoms with Crippen LogP contribution in [0.25, 0.3) is 93.0 Å². The molecule has 3 aromatic heterocycles. The molecule has 0 amide bonds. The molecule has 0 bridgehead atoms. The maximum Gasteiger partial charge on any atom is 0.165 e. The number of rotatable bonds is 4. The van der Waals surface area contributed by atoms with Crippen molar-refractivity contribution in [3.8, 4) is 51.0 Å². The topological polar surface area (TPSA) is 43.6 Å². The van der Waals surface area contributed by atoms with E-state index in [1.807, 2.05) is 36.4 Å². The number of para-hydroxylation sites is 1. The Morgan fingerprint density at radius 3 is 1.85 bits per heavy atom. The zero-order chi connectivity index (χ0) is 35.3. The standard InChI is InChI=1S/C48H32N4S/c1-48(2)35-22-12-9-19-31(35)41-36(48)26-28-38-42(41)32-20-10-13-23-37(32)52(38)39-27-25-34(44-43(39)33-21-11-14-24-40(33)53-44)47-50-45(29-15-5-3-6-16-29)49-46(51-47)30-17-7-4-8-18-30/h3-28H,1-2H3. The molecule has 0 radical (unpaired) electrons. The van der Waals surface area contributed by atoms with Crippen LogP contribution >= 0.6 is 11.3 Å². The van der Waals surface area contributed by atoms with Crippen LogP contribution in [0.3, 0.4) is 0 Å². The number of aromatic nitrogens is 4. The lowest BCUT2D eigenvalue weighted by molar-refractivity contribution is 0.661. The van der Waals surface area contributed by atoms with Gasteiger partial charge in [-0.15, -0.1) is 11.3 Å². The molecule has 0 spiro atoms. The van der Waals surface area contributed by atoms with Crippen molar-refractivity contribution in [1.82, 2.24) is 19.5 Å². The van der Waals surface area contributed by atoms with Gasteiger partial charge in [-0.1, -0.05) is 141 Å². The lowest BCUT2D eigenvalue weighted by atomic mass is 9.82. The molecule has 250 valence electrons. The summed E-state index contributed by atoms with van der Waals surface area (Å²) in [4.78, 5) is 15.3. The van der Waals surface area contributed by atoms with Crippen molar-refractivity contribution in [3.05, 3.63) is 169 Å². The molecule has 11 rings (SSSR count). The van der Waals surface area contributed by atoms with Crippen molar-refractivity contribution >= 4 is 53.3 Å². The van der Waals surface area contributed by atoms with Crippen molar-refractivity contribution in [3.63, 3.8) is 0 Å². The Bertz CT molecular complexity index is 3020. The zero-order valence-electron chi connectivity index (χ0n) is 29.2. The van der Waals surface area contributed by atoms with Gasteiger partial charge in [0.25, 0.3) is 0 Å². The number of hydrogen-bond acceptors (Lipinski definition) is 4. The fourth-order valence-electron chi connectivity index (χ4n) is 8.61. The maximum absolute atomic E-state index is 5.16. The van der Waals surface area contributed by atoms with Gasteiger partial charge in [-0.05, 0) is 52.6 Å². The quantitative estimate of drug-likeness (QED) is 0.184. The van der Waals surface area contributed by atoms with Crippen LogP contribution in [0.1, 0.15) is 25.0 Å². The van der Waals surface area contributed by atoms with E-state index >= 15 is 0 Å². The van der Waals surface area contributed by atoms with Gasteiger partial charge in [0.05, 0.1) is 16.7 Å². The first-order valence-corrected chi connectivity index (χ1v) is 18.9. The van der Waals surface area contributed by atoms with E-state index < -0.39 is 0 Å². The van der Waals surface area contributed by atoms with E-state index in [9.17, 15) is 0 Å². The highest BCUT2D eigenvalue weighted by atomic mass is 32.1. The van der Waals surface area contributed by atoms with Crippen molar-refractivity contribution in [2.45, 2.75) is 19.3 Å². The molecule has 0 atom stereocenters. The van der Waals surface area contributed by atoms with Crippen molar-refractivity contribution in [2.75, 3.05) is 0 Å². The first kappa shape index (κ1) is 30.2. The second-order valence-corrected chi connectivity index (χ2v) is 15.4. The van der Waals surface area contributed by atoms with Crippen molar-refractivity contribution in [2.24, 2.45) is 0 Å². The Labute approximate surface area is 310 Å². The summed E-state index contributed by atoms with van der Waals surface area (Å²) >= 11 is 1.81. The number of benzene rings is 7. The normalized spacial score (nSPS) is 13.2. The smallest absolute Gasteiger partial charge is 0.165 e. The van der Waals surface area contributed by atoms with Gasteiger partial charge in [-0.25, -0.2) is 15.0 Å². The Hall–Kier alpha value is -6.43. The van der Waals surface area contributed by atoms with Gasteiger partial charge >= 0.3 is 0 Å². The van der Waals surface area contributed by atoms with E-state index in [1.54, 1.807) is 11.3 Å². The molecule has 7 aromatic carbocycles. The monoisotopic (exact) mass is 696 g/mol. The summed E-state index contributed by atoms with van der Waals surface area (Å²) in [7, 11) is 0. The molecule has 0 saturated carbocycles. The first-order chi connectivity index (χ1) is 26.1. The van der Waals surface area contributed by atoms with Crippen LogP contribution in [-0.4, -0.2) is 19.5 Å². The lowest BCUT2D eigenvalue weighted by Gasteiger charge is -2.21. The fraction of sp³-hybridized carbons (Fsp3) is 0.0625. The maximum atomic E-state index is 5.16. The Morgan fingerprint density at radius 2 is 1.09 bits per heavy atom. The number of hydrogen-bond donors (Lipinski definition) is 0. The molecule has 0 fully saturated rings. The van der Waals surface area contributed by atoms with Crippen LogP contribution in [0.4, 0.5) is 0 Å². The molecule has 0 unspecified atom stereocenters. The van der Waals surface area contributed by atoms with E-state index in [4.69, 9.17) is 15.0 Å². The Morgan fingerprint density at radius 1 is 0.472 bits per heavy atom. The van der Waals surface area contributed by atoms with Gasteiger partial charge in [0.1, 0.15) is 0 Å². The molecular formula is C48H32N4S. The molecule has 1 aliphatic carbocycles. The average Bonchev–Trinajstić information content (AvgIpc) is 3.84. The molecule has 1 aliphatic rings. The molecule has 5 heteroatoms. The SMILES string of the molecule is CC1(C)c2ccccc2-c2c1ccc1c2c2ccccc2n1-c1ccc(-c2nc(-c3ccccc3)nc(-c3ccccc3)n2)c2sc3ccccc3c12. The molecule has 0 N–H and O–H groups in total. The molecular weight excluding hydrogens is 665 g/mol. The van der Waals surface area contributed by atoms with Gasteiger partial charge in [0.2, 0.25) is 0 Å². The van der Waals surface area contributed by atoms with E-state index in [0.717, 1.165) is 27.1 Å². The summed E-state index contributed by atoms with van der Waals surface area (Å²) in [6, 6.07) is 56.2. The van der Waals surface area contributed by atoms with Crippen LogP contribution in [0.2, 0.25) is 0 Å². The third-order valence-corrected chi connectivity index (χ3v) is 12.3. The summed E-state index contributed by atoms with van der Waals surface area (Å²) < 4.78 is 4.88. The second kappa shape index (κ2) is 11.3. The summed E-state index contributed by atoms with van der Waals surface area (Å²) in [6.45, 7) is 4.71. The highest BCUT2D eigenvalue weighted by molar-refractivity contribution is 7.26. The van der Waals surface area contributed by atoms with Crippen LogP contribution in [0.15, 0.2) is 158 Å². The van der Waals surface area contributed by atoms with Gasteiger partial charge in [0, 0.05) is 53.1 Å². The van der Waals surface area contributed by atoms with Gasteiger partial charge in [0.15, 0.2) is 17.5 Å². The predicted octanol–water partition coefficient (Wildman–Crippen LogP) is 12.6. The second-order valence-electron chi connectivity index (χ2n) is 14.4. The summed E-state index contributed by atoms with van der Waals surface area (Å²) in [5.41, 5.74) is 11.8. The third-order valence-electron chi connectivity index (χ3n) is 11.1. The molecule has 10 aromatic rings. The minimum absolute atomic E-state index is 0.0798. The van der Waals surface area contributed by atoms with Crippen molar-refractivity contribution < 1.29 is 0 Å². The Balaban J connectivity index is 1.22. The molecule has 0 aliphatic heterocycles. The van der Waals surface area contributed by atoms with Crippen LogP contribution in [0, 0.1) is 0 Å². The number of thiophene rings is 1. The minimum Gasteiger partial charge on any atom is -0.309 e. The highest BCUT2D eigenvalue weighted by Crippen LogP contribution is 2.54. The van der Waals surface area contributed by atoms with Crippen LogP contribution in [0.5, 0.6) is 0 Å². The predicted molar refractivity (Wildman–Crippen MR) is 221 cm³/mol. The summed E-state index contributed by atoms with van der Waals surface area (Å²) in [5, 5.41) is 5.00. The first-order valence-electron chi connectivity index (χ1n) is 18.0. The van der Waals surface area contributed by atoms with Crippen LogP contribution < -0.4 is 0 Å². The average molecular weight is 697 g/mol. The minimum atomic E-state index is -0.0798. The van der Waals surface area contributed by atoms with Gasteiger partial charge in [-0.3, -0.25) is 0 Å². The fourth-order valence-corrected chi connectivity index (χ4v) is 9.85. The molecule has 3 heterocycles. The number of nitrogens with zero attached hydrogens (tertiary/aromatic N) is 4. The molecule has 4 nitrogen and oxygen atoms in total. The van der Waals surface area contributed by atoms with Gasteiger partial charge in [-0.2, -0.15) is 0 Å². The van der Waals surface area contributed by atoms with E-state index in [0.29, 0.717) is 17.5 Å². The van der Waals surface area contributed by atoms with Crippen molar-refractivity contribution in [1.29, 1.82) is 0 Å². The summed E-state index contributed by atoms with van der Waals surface area (Å²) in [5.74, 6) is 1.99. The highest BCUT2D eigenvalue weighted by Gasteiger charge is 2.37. The molecule has 53 heavy (non-hydrogen) atoms. The molecule has 0 saturated heterocycles. The van der Waals surface area contributed by atoms with Crippen LogP contribution in [-0.2, 0) is 5.41 Å². The Kier molecular flexibility index (Phi) is 6.43. The van der Waals surface area contributed by atoms with E-state index in [1.165, 1.54) is 59.5 Å². The lowest BCUT2D eigenvalue weighted by Crippen LogP contribution is -2.14. The largest absolute Gasteiger partial charge is 0.309 e. The zero-order valence-corrected chi connectivity index (χ0v) is 30.0. The van der Waals surface area contributed by atoms with E-state index in [2.05, 4.69) is 140 Å².